The number of carboxylic acids is 1. The van der Waals surface area contributed by atoms with Crippen molar-refractivity contribution >= 4 is 11.8 Å². The number of aliphatic carboxylic acids is 1. The SMILES string of the molecule is CC/C=C\C/C=C/C/C=C\C[C@H](O)/C=C/[C@@H]1[C@H](O)CC(=O)[C@H]1CCC(=O)O. The van der Waals surface area contributed by atoms with Crippen LogP contribution in [0, 0.1) is 11.8 Å². The lowest BCUT2D eigenvalue weighted by atomic mass is 9.89. The topological polar surface area (TPSA) is 94.8 Å². The van der Waals surface area contributed by atoms with Gasteiger partial charge in [-0.1, -0.05) is 55.5 Å². The highest BCUT2D eigenvalue weighted by atomic mass is 16.4. The predicted octanol–water partition coefficient (Wildman–Crippen LogP) is 3.58. The Morgan fingerprint density at radius 2 is 1.78 bits per heavy atom. The Bertz CT molecular complexity index is 573. The summed E-state index contributed by atoms with van der Waals surface area (Å²) in [7, 11) is 0. The Hall–Kier alpha value is -1.98. The zero-order valence-electron chi connectivity index (χ0n) is 16.0. The fraction of sp³-hybridized carbons (Fsp3) is 0.545. The van der Waals surface area contributed by atoms with Crippen LogP contribution in [0.3, 0.4) is 0 Å². The summed E-state index contributed by atoms with van der Waals surface area (Å²) in [5, 5.41) is 28.9. The second-order valence-corrected chi connectivity index (χ2v) is 6.84. The first kappa shape index (κ1) is 23.1. The van der Waals surface area contributed by atoms with Crippen LogP contribution in [0.25, 0.3) is 0 Å². The predicted molar refractivity (Wildman–Crippen MR) is 106 cm³/mol. The zero-order valence-corrected chi connectivity index (χ0v) is 16.0. The van der Waals surface area contributed by atoms with Gasteiger partial charge in [0.05, 0.1) is 12.2 Å². The summed E-state index contributed by atoms with van der Waals surface area (Å²) in [6.45, 7) is 2.10. The second-order valence-electron chi connectivity index (χ2n) is 6.84. The molecule has 1 aliphatic rings. The molecule has 3 N–H and O–H groups in total. The number of carbonyl (C=O) groups excluding carboxylic acids is 1. The van der Waals surface area contributed by atoms with E-state index < -0.39 is 30.0 Å². The van der Waals surface area contributed by atoms with E-state index in [1.807, 2.05) is 12.2 Å². The molecule has 5 heteroatoms. The molecular formula is C22H32O5. The Labute approximate surface area is 161 Å². The minimum atomic E-state index is -0.951. The first-order chi connectivity index (χ1) is 13.0. The van der Waals surface area contributed by atoms with Gasteiger partial charge in [0.1, 0.15) is 5.78 Å². The number of aliphatic hydroxyl groups excluding tert-OH is 2. The van der Waals surface area contributed by atoms with Crippen LogP contribution in [0.15, 0.2) is 48.6 Å². The molecule has 27 heavy (non-hydrogen) atoms. The number of hydrogen-bond donors (Lipinski definition) is 3. The van der Waals surface area contributed by atoms with Gasteiger partial charge in [-0.25, -0.2) is 0 Å². The van der Waals surface area contributed by atoms with E-state index in [2.05, 4.69) is 31.2 Å². The largest absolute Gasteiger partial charge is 0.481 e. The fourth-order valence-corrected chi connectivity index (χ4v) is 3.15. The lowest BCUT2D eigenvalue weighted by Crippen LogP contribution is -2.20. The molecule has 5 nitrogen and oxygen atoms in total. The molecule has 0 heterocycles. The van der Waals surface area contributed by atoms with Gasteiger partial charge in [0, 0.05) is 24.7 Å². The molecule has 0 aliphatic heterocycles. The van der Waals surface area contributed by atoms with Gasteiger partial charge in [-0.15, -0.1) is 0 Å². The minimum absolute atomic E-state index is 0.0507. The van der Waals surface area contributed by atoms with Crippen molar-refractivity contribution in [3.8, 4) is 0 Å². The lowest BCUT2D eigenvalue weighted by molar-refractivity contribution is -0.137. The van der Waals surface area contributed by atoms with E-state index >= 15 is 0 Å². The Balaban J connectivity index is 2.40. The van der Waals surface area contributed by atoms with E-state index in [4.69, 9.17) is 5.11 Å². The number of carboxylic acid groups (broad SMARTS) is 1. The molecule has 4 atom stereocenters. The third-order valence-electron chi connectivity index (χ3n) is 4.62. The van der Waals surface area contributed by atoms with Crippen LogP contribution in [0.5, 0.6) is 0 Å². The smallest absolute Gasteiger partial charge is 0.303 e. The van der Waals surface area contributed by atoms with Crippen LogP contribution >= 0.6 is 0 Å². The van der Waals surface area contributed by atoms with Crippen LogP contribution < -0.4 is 0 Å². The van der Waals surface area contributed by atoms with E-state index in [1.165, 1.54) is 0 Å². The van der Waals surface area contributed by atoms with Gasteiger partial charge in [0.15, 0.2) is 0 Å². The highest BCUT2D eigenvalue weighted by Crippen LogP contribution is 2.33. The van der Waals surface area contributed by atoms with Crippen LogP contribution in [0.4, 0.5) is 0 Å². The van der Waals surface area contributed by atoms with E-state index in [0.717, 1.165) is 19.3 Å². The number of aliphatic hydroxyl groups is 2. The summed E-state index contributed by atoms with van der Waals surface area (Å²) < 4.78 is 0. The molecule has 1 aliphatic carbocycles. The third kappa shape index (κ3) is 9.50. The Morgan fingerprint density at radius 3 is 2.41 bits per heavy atom. The average Bonchev–Trinajstić information content (AvgIpc) is 2.89. The molecule has 0 aromatic rings. The van der Waals surface area contributed by atoms with Gasteiger partial charge in [-0.3, -0.25) is 9.59 Å². The van der Waals surface area contributed by atoms with Gasteiger partial charge < -0.3 is 15.3 Å². The zero-order chi connectivity index (χ0) is 20.1. The monoisotopic (exact) mass is 376 g/mol. The summed E-state index contributed by atoms with van der Waals surface area (Å²) in [5.74, 6) is -1.96. The van der Waals surface area contributed by atoms with Crippen LogP contribution in [-0.4, -0.2) is 39.3 Å². The molecular weight excluding hydrogens is 344 g/mol. The van der Waals surface area contributed by atoms with Crippen LogP contribution in [0.1, 0.15) is 51.9 Å². The molecule has 150 valence electrons. The number of allylic oxidation sites excluding steroid dienone is 5. The van der Waals surface area contributed by atoms with E-state index in [0.29, 0.717) is 6.42 Å². The van der Waals surface area contributed by atoms with Gasteiger partial charge in [0.2, 0.25) is 0 Å². The number of Topliss-reactive ketones (excluding diaryl/α,β-unsaturated/α-hetero) is 1. The molecule has 0 unspecified atom stereocenters. The molecule has 0 spiro atoms. The number of ketones is 1. The molecule has 1 saturated carbocycles. The number of carbonyl (C=O) groups is 2. The maximum absolute atomic E-state index is 11.9. The lowest BCUT2D eigenvalue weighted by Gasteiger charge is -2.17. The van der Waals surface area contributed by atoms with Crippen LogP contribution in [-0.2, 0) is 9.59 Å². The highest BCUT2D eigenvalue weighted by molar-refractivity contribution is 5.85. The van der Waals surface area contributed by atoms with Gasteiger partial charge in [-0.2, -0.15) is 0 Å². The van der Waals surface area contributed by atoms with Gasteiger partial charge in [-0.05, 0) is 32.1 Å². The van der Waals surface area contributed by atoms with Gasteiger partial charge >= 0.3 is 5.97 Å². The maximum atomic E-state index is 11.9. The summed E-state index contributed by atoms with van der Waals surface area (Å²) in [5.41, 5.74) is 0. The van der Waals surface area contributed by atoms with Crippen molar-refractivity contribution in [2.75, 3.05) is 0 Å². The second kappa shape index (κ2) is 13.2. The van der Waals surface area contributed by atoms with Gasteiger partial charge in [0.25, 0.3) is 0 Å². The minimum Gasteiger partial charge on any atom is -0.481 e. The number of hydrogen-bond acceptors (Lipinski definition) is 4. The summed E-state index contributed by atoms with van der Waals surface area (Å²) in [6, 6.07) is 0. The van der Waals surface area contributed by atoms with Crippen molar-refractivity contribution in [3.05, 3.63) is 48.6 Å². The standard InChI is InChI=1S/C22H32O5/c1-2-3-4-5-6-7-8-9-10-11-17(23)12-13-18-19(14-15-22(26)27)21(25)16-20(18)24/h3-4,6-7,9-10,12-13,17-20,23-24H,2,5,8,11,14-16H2,1H3,(H,26,27)/b4-3-,7-6+,10-9-,13-12+/t17-,18-,19-,20+/m0/s1. The number of rotatable bonds is 12. The third-order valence-corrected chi connectivity index (χ3v) is 4.62. The van der Waals surface area contributed by atoms with E-state index in [-0.39, 0.29) is 25.0 Å². The first-order valence-corrected chi connectivity index (χ1v) is 9.69. The van der Waals surface area contributed by atoms with Crippen molar-refractivity contribution in [1.29, 1.82) is 0 Å². The average molecular weight is 376 g/mol. The normalized spacial score (nSPS) is 24.9. The summed E-state index contributed by atoms with van der Waals surface area (Å²) in [6.07, 6.45) is 17.5. The van der Waals surface area contributed by atoms with E-state index in [9.17, 15) is 19.8 Å². The van der Waals surface area contributed by atoms with Crippen molar-refractivity contribution in [2.45, 2.75) is 64.1 Å². The van der Waals surface area contributed by atoms with E-state index in [1.54, 1.807) is 12.2 Å². The van der Waals surface area contributed by atoms with Crippen molar-refractivity contribution in [1.82, 2.24) is 0 Å². The molecule has 0 amide bonds. The molecule has 1 rings (SSSR count). The Kier molecular flexibility index (Phi) is 11.3. The first-order valence-electron chi connectivity index (χ1n) is 9.69. The molecule has 0 radical (unpaired) electrons. The molecule has 0 aromatic heterocycles. The summed E-state index contributed by atoms with van der Waals surface area (Å²) >= 11 is 0. The molecule has 1 fully saturated rings. The van der Waals surface area contributed by atoms with Crippen molar-refractivity contribution in [3.63, 3.8) is 0 Å². The van der Waals surface area contributed by atoms with Crippen LogP contribution in [0.2, 0.25) is 0 Å². The Morgan fingerprint density at radius 1 is 1.15 bits per heavy atom. The van der Waals surface area contributed by atoms with Crippen molar-refractivity contribution in [2.24, 2.45) is 11.8 Å². The molecule has 0 aromatic carbocycles. The highest BCUT2D eigenvalue weighted by Gasteiger charge is 2.39. The quantitative estimate of drug-likeness (QED) is 0.453. The fourth-order valence-electron chi connectivity index (χ4n) is 3.15. The molecule has 0 bridgehead atoms. The molecule has 0 saturated heterocycles. The maximum Gasteiger partial charge on any atom is 0.303 e. The van der Waals surface area contributed by atoms with Crippen molar-refractivity contribution < 1.29 is 24.9 Å². The summed E-state index contributed by atoms with van der Waals surface area (Å²) in [4.78, 5) is 22.7.